The number of carbonyl (C=O) groups excluding carboxylic acids is 1. The third-order valence-corrected chi connectivity index (χ3v) is 5.76. The molecule has 0 aliphatic carbocycles. The Hall–Kier alpha value is -3.37. The topological polar surface area (TPSA) is 42.7 Å². The number of hydrogen-bond acceptors (Lipinski definition) is 4. The van der Waals surface area contributed by atoms with Crippen molar-refractivity contribution in [3.05, 3.63) is 90.2 Å². The minimum atomic E-state index is -0.131. The average Bonchev–Trinajstić information content (AvgIpc) is 3.24. The summed E-state index contributed by atoms with van der Waals surface area (Å²) >= 11 is 0. The maximum Gasteiger partial charge on any atom is 0.228 e. The molecule has 4 heteroatoms. The summed E-state index contributed by atoms with van der Waals surface area (Å²) in [4.78, 5) is 15.8. The molecule has 0 spiro atoms. The van der Waals surface area contributed by atoms with Gasteiger partial charge in [-0.25, -0.2) is 0 Å². The zero-order valence-corrected chi connectivity index (χ0v) is 18.7. The molecule has 0 N–H and O–H groups in total. The van der Waals surface area contributed by atoms with Crippen LogP contribution >= 0.6 is 0 Å². The lowest BCUT2D eigenvalue weighted by Crippen LogP contribution is -2.25. The van der Waals surface area contributed by atoms with Crippen LogP contribution in [-0.4, -0.2) is 36.9 Å². The summed E-state index contributed by atoms with van der Waals surface area (Å²) in [6, 6.07) is 25.0. The fraction of sp³-hybridized carbons (Fsp3) is 0.250. The molecule has 4 aromatic rings. The third kappa shape index (κ3) is 4.76. The number of ether oxygens (including phenoxy) is 1. The van der Waals surface area contributed by atoms with Crippen LogP contribution in [0.25, 0.3) is 22.1 Å². The van der Waals surface area contributed by atoms with E-state index in [1.54, 1.807) is 0 Å². The highest BCUT2D eigenvalue weighted by Crippen LogP contribution is 2.36. The van der Waals surface area contributed by atoms with Gasteiger partial charge < -0.3 is 14.1 Å². The van der Waals surface area contributed by atoms with E-state index in [4.69, 9.17) is 9.15 Å². The van der Waals surface area contributed by atoms with E-state index >= 15 is 0 Å². The first-order chi connectivity index (χ1) is 15.7. The van der Waals surface area contributed by atoms with Crippen LogP contribution in [0.1, 0.15) is 36.4 Å². The van der Waals surface area contributed by atoms with Crippen molar-refractivity contribution in [1.82, 2.24) is 4.90 Å². The summed E-state index contributed by atoms with van der Waals surface area (Å²) in [5.41, 5.74) is 3.09. The van der Waals surface area contributed by atoms with Crippen molar-refractivity contribution in [1.29, 1.82) is 0 Å². The minimum absolute atomic E-state index is 0.131. The van der Waals surface area contributed by atoms with Crippen molar-refractivity contribution in [3.63, 3.8) is 0 Å². The first-order valence-electron chi connectivity index (χ1n) is 11.3. The van der Waals surface area contributed by atoms with Gasteiger partial charge in [-0.3, -0.25) is 4.79 Å². The summed E-state index contributed by atoms with van der Waals surface area (Å²) < 4.78 is 11.9. The van der Waals surface area contributed by atoms with E-state index in [2.05, 4.69) is 18.7 Å². The van der Waals surface area contributed by atoms with Gasteiger partial charge in [0.05, 0.1) is 6.61 Å². The third-order valence-electron chi connectivity index (χ3n) is 5.76. The average molecular weight is 428 g/mol. The number of hydrogen-bond donors (Lipinski definition) is 0. The molecule has 0 radical (unpaired) electrons. The molecule has 0 fully saturated rings. The van der Waals surface area contributed by atoms with E-state index in [-0.39, 0.29) is 5.78 Å². The van der Waals surface area contributed by atoms with E-state index in [1.807, 2.05) is 78.9 Å². The molecule has 0 unspecified atom stereocenters. The van der Waals surface area contributed by atoms with Gasteiger partial charge in [0.1, 0.15) is 11.3 Å². The molecule has 1 heterocycles. The molecule has 0 bridgehead atoms. The Balaban J connectivity index is 1.53. The number of carbonyl (C=O) groups is 1. The Morgan fingerprint density at radius 1 is 0.875 bits per heavy atom. The maximum absolute atomic E-state index is 13.4. The normalized spacial score (nSPS) is 11.2. The van der Waals surface area contributed by atoms with Crippen LogP contribution in [0, 0.1) is 0 Å². The molecule has 0 aliphatic rings. The number of furan rings is 1. The highest BCUT2D eigenvalue weighted by Gasteiger charge is 2.22. The Morgan fingerprint density at radius 3 is 2.28 bits per heavy atom. The summed E-state index contributed by atoms with van der Waals surface area (Å²) in [6.07, 6.45) is 0.974. The van der Waals surface area contributed by atoms with Gasteiger partial charge in [0, 0.05) is 23.1 Å². The molecule has 4 rings (SSSR count). The number of ketones is 1. The van der Waals surface area contributed by atoms with Crippen molar-refractivity contribution in [3.8, 4) is 16.9 Å². The van der Waals surface area contributed by atoms with Gasteiger partial charge in [-0.2, -0.15) is 0 Å². The molecule has 32 heavy (non-hydrogen) atoms. The number of benzene rings is 3. The van der Waals surface area contributed by atoms with E-state index in [9.17, 15) is 4.79 Å². The van der Waals surface area contributed by atoms with Crippen LogP contribution < -0.4 is 4.74 Å². The SMILES string of the molecule is CCN(CC)CCCOc1ccc(C(=O)c2oc3ccccc3c2-c2ccccc2)cc1. The molecular weight excluding hydrogens is 398 g/mol. The van der Waals surface area contributed by atoms with Gasteiger partial charge in [0.2, 0.25) is 5.78 Å². The van der Waals surface area contributed by atoms with Gasteiger partial charge in [0.25, 0.3) is 0 Å². The molecule has 1 aromatic heterocycles. The Morgan fingerprint density at radius 2 is 1.56 bits per heavy atom. The lowest BCUT2D eigenvalue weighted by Gasteiger charge is -2.17. The Kier molecular flexibility index (Phi) is 7.03. The second kappa shape index (κ2) is 10.3. The molecule has 0 saturated carbocycles. The number of rotatable bonds is 10. The van der Waals surface area contributed by atoms with Crippen LogP contribution in [0.2, 0.25) is 0 Å². The fourth-order valence-corrected chi connectivity index (χ4v) is 3.95. The van der Waals surface area contributed by atoms with Crippen molar-refractivity contribution in [2.24, 2.45) is 0 Å². The molecule has 0 amide bonds. The van der Waals surface area contributed by atoms with Gasteiger partial charge >= 0.3 is 0 Å². The van der Waals surface area contributed by atoms with Crippen LogP contribution in [0.5, 0.6) is 5.75 Å². The van der Waals surface area contributed by atoms with E-state index in [0.717, 1.165) is 48.3 Å². The van der Waals surface area contributed by atoms with Crippen LogP contribution in [0.15, 0.2) is 83.3 Å². The summed E-state index contributed by atoms with van der Waals surface area (Å²) in [7, 11) is 0. The highest BCUT2D eigenvalue weighted by molar-refractivity contribution is 6.15. The quantitative estimate of drug-likeness (QED) is 0.216. The first kappa shape index (κ1) is 21.8. The lowest BCUT2D eigenvalue weighted by atomic mass is 9.98. The number of nitrogens with zero attached hydrogens (tertiary/aromatic N) is 1. The highest BCUT2D eigenvalue weighted by atomic mass is 16.5. The standard InChI is InChI=1S/C28H29NO3/c1-3-29(4-2)19-10-20-31-23-17-15-22(16-18-23)27(30)28-26(21-11-6-5-7-12-21)24-13-8-9-14-25(24)32-28/h5-9,11-18H,3-4,10,19-20H2,1-2H3. The lowest BCUT2D eigenvalue weighted by molar-refractivity contribution is 0.101. The maximum atomic E-state index is 13.4. The first-order valence-corrected chi connectivity index (χ1v) is 11.3. The van der Waals surface area contributed by atoms with Crippen LogP contribution in [0.4, 0.5) is 0 Å². The smallest absolute Gasteiger partial charge is 0.228 e. The predicted molar refractivity (Wildman–Crippen MR) is 129 cm³/mol. The van der Waals surface area contributed by atoms with Crippen LogP contribution in [-0.2, 0) is 0 Å². The molecular formula is C28H29NO3. The van der Waals surface area contributed by atoms with E-state index in [1.165, 1.54) is 0 Å². The van der Waals surface area contributed by atoms with Crippen molar-refractivity contribution in [2.45, 2.75) is 20.3 Å². The molecule has 164 valence electrons. The largest absolute Gasteiger partial charge is 0.494 e. The monoisotopic (exact) mass is 427 g/mol. The minimum Gasteiger partial charge on any atom is -0.494 e. The fourth-order valence-electron chi connectivity index (χ4n) is 3.95. The summed E-state index contributed by atoms with van der Waals surface area (Å²) in [6.45, 7) is 8.14. The zero-order chi connectivity index (χ0) is 22.3. The van der Waals surface area contributed by atoms with Crippen molar-refractivity contribution >= 4 is 16.8 Å². The molecule has 0 aliphatic heterocycles. The molecule has 0 saturated heterocycles. The molecule has 0 atom stereocenters. The van der Waals surface area contributed by atoms with Gasteiger partial charge in [-0.15, -0.1) is 0 Å². The van der Waals surface area contributed by atoms with E-state index in [0.29, 0.717) is 23.5 Å². The Labute approximate surface area is 189 Å². The summed E-state index contributed by atoms with van der Waals surface area (Å²) in [5.74, 6) is 1.01. The number of para-hydroxylation sites is 1. The second-order valence-electron chi connectivity index (χ2n) is 7.75. The second-order valence-corrected chi connectivity index (χ2v) is 7.75. The zero-order valence-electron chi connectivity index (χ0n) is 18.7. The Bertz CT molecular complexity index is 1160. The molecule has 3 aromatic carbocycles. The van der Waals surface area contributed by atoms with Gasteiger partial charge in [-0.05, 0) is 55.4 Å². The van der Waals surface area contributed by atoms with Gasteiger partial charge in [0.15, 0.2) is 5.76 Å². The van der Waals surface area contributed by atoms with Crippen molar-refractivity contribution < 1.29 is 13.9 Å². The van der Waals surface area contributed by atoms with E-state index < -0.39 is 0 Å². The molecule has 4 nitrogen and oxygen atoms in total. The van der Waals surface area contributed by atoms with Crippen LogP contribution in [0.3, 0.4) is 0 Å². The number of fused-ring (bicyclic) bond motifs is 1. The van der Waals surface area contributed by atoms with Gasteiger partial charge in [-0.1, -0.05) is 62.4 Å². The van der Waals surface area contributed by atoms with Crippen molar-refractivity contribution in [2.75, 3.05) is 26.2 Å². The summed E-state index contributed by atoms with van der Waals surface area (Å²) in [5, 5.41) is 0.940. The predicted octanol–water partition coefficient (Wildman–Crippen LogP) is 6.44.